The highest BCUT2D eigenvalue weighted by atomic mass is 16.4. The summed E-state index contributed by atoms with van der Waals surface area (Å²) in [7, 11) is 0. The van der Waals surface area contributed by atoms with Gasteiger partial charge in [0.05, 0.1) is 13.1 Å². The average molecular weight is 383 g/mol. The first-order valence-electron chi connectivity index (χ1n) is 10.5. The third kappa shape index (κ3) is 4.16. The van der Waals surface area contributed by atoms with Crippen LogP contribution < -0.4 is 0 Å². The molecule has 2 aromatic rings. The number of hydrogen-bond acceptors (Lipinski definition) is 3. The highest BCUT2D eigenvalue weighted by Crippen LogP contribution is 2.31. The molecule has 4 rings (SSSR count). The molecule has 2 amide bonds. The molecule has 0 spiro atoms. The predicted molar refractivity (Wildman–Crippen MR) is 106 cm³/mol. The van der Waals surface area contributed by atoms with Crippen molar-refractivity contribution in [1.82, 2.24) is 14.4 Å². The summed E-state index contributed by atoms with van der Waals surface area (Å²) < 4.78 is 7.94. The molecule has 28 heavy (non-hydrogen) atoms. The first-order valence-corrected chi connectivity index (χ1v) is 10.5. The lowest BCUT2D eigenvalue weighted by Gasteiger charge is -2.23. The number of likely N-dealkylation sites (tertiary alicyclic amines) is 1. The second-order valence-corrected chi connectivity index (χ2v) is 7.93. The van der Waals surface area contributed by atoms with E-state index in [0.29, 0.717) is 18.8 Å². The van der Waals surface area contributed by atoms with Gasteiger partial charge in [0, 0.05) is 37.4 Å². The Balaban J connectivity index is 1.42. The topological polar surface area (TPSA) is 58.7 Å². The van der Waals surface area contributed by atoms with Crippen LogP contribution in [0.4, 0.5) is 0 Å². The minimum absolute atomic E-state index is 0.0133. The van der Waals surface area contributed by atoms with Crippen LogP contribution >= 0.6 is 0 Å². The third-order valence-corrected chi connectivity index (χ3v) is 5.60. The summed E-state index contributed by atoms with van der Waals surface area (Å²) in [5, 5.41) is 0. The first-order chi connectivity index (χ1) is 13.7. The van der Waals surface area contributed by atoms with Gasteiger partial charge in [0.25, 0.3) is 5.91 Å². The highest BCUT2D eigenvalue weighted by Gasteiger charge is 2.33. The van der Waals surface area contributed by atoms with E-state index in [1.54, 1.807) is 6.07 Å². The lowest BCUT2D eigenvalue weighted by Crippen LogP contribution is -2.33. The van der Waals surface area contributed by atoms with Crippen molar-refractivity contribution in [1.29, 1.82) is 0 Å². The maximum absolute atomic E-state index is 12.6. The van der Waals surface area contributed by atoms with Gasteiger partial charge >= 0.3 is 0 Å². The molecule has 2 aliphatic rings. The quantitative estimate of drug-likeness (QED) is 0.701. The molecule has 6 nitrogen and oxygen atoms in total. The van der Waals surface area contributed by atoms with Crippen molar-refractivity contribution in [3.63, 3.8) is 0 Å². The summed E-state index contributed by atoms with van der Waals surface area (Å²) in [6.45, 7) is 5.71. The van der Waals surface area contributed by atoms with Gasteiger partial charge in [-0.15, -0.1) is 0 Å². The first kappa shape index (κ1) is 18.8. The molecule has 0 N–H and O–H groups in total. The molecule has 1 aliphatic heterocycles. The molecule has 0 radical (unpaired) electrons. The molecular formula is C22H29N3O3. The van der Waals surface area contributed by atoms with Crippen molar-refractivity contribution in [2.45, 2.75) is 52.1 Å². The van der Waals surface area contributed by atoms with Gasteiger partial charge in [0.2, 0.25) is 5.91 Å². The molecule has 3 heterocycles. The van der Waals surface area contributed by atoms with Gasteiger partial charge < -0.3 is 18.8 Å². The number of aromatic nitrogens is 1. The summed E-state index contributed by atoms with van der Waals surface area (Å²) in [5.74, 6) is 1.68. The van der Waals surface area contributed by atoms with Crippen LogP contribution in [-0.4, -0.2) is 45.8 Å². The Kier molecular flexibility index (Phi) is 5.55. The van der Waals surface area contributed by atoms with Crippen molar-refractivity contribution in [3.05, 3.63) is 47.7 Å². The van der Waals surface area contributed by atoms with Gasteiger partial charge in [-0.1, -0.05) is 6.92 Å². The fraction of sp³-hybridized carbons (Fsp3) is 0.545. The number of carbonyl (C=O) groups excluding carboxylic acids is 2. The minimum atomic E-state index is -0.0133. The zero-order chi connectivity index (χ0) is 19.5. The molecule has 2 fully saturated rings. The van der Waals surface area contributed by atoms with E-state index in [2.05, 4.69) is 17.6 Å². The molecule has 0 bridgehead atoms. The highest BCUT2D eigenvalue weighted by molar-refractivity contribution is 5.91. The van der Waals surface area contributed by atoms with Crippen molar-refractivity contribution in [3.8, 4) is 0 Å². The molecule has 0 atom stereocenters. The molecule has 2 aromatic heterocycles. The largest absolute Gasteiger partial charge is 0.454 e. The van der Waals surface area contributed by atoms with Crippen molar-refractivity contribution < 1.29 is 14.0 Å². The van der Waals surface area contributed by atoms with Crippen LogP contribution in [0.25, 0.3) is 0 Å². The number of furan rings is 1. The van der Waals surface area contributed by atoms with E-state index in [9.17, 15) is 9.59 Å². The van der Waals surface area contributed by atoms with Crippen LogP contribution in [0.1, 0.15) is 61.0 Å². The second kappa shape index (κ2) is 8.25. The Labute approximate surface area is 166 Å². The van der Waals surface area contributed by atoms with E-state index in [1.807, 2.05) is 28.1 Å². The standard InChI is InChI=1S/C22H29N3O3/c1-2-11-25(21(26)17-7-8-17)15-18-6-5-14-24(18)16-19-9-10-20(28-19)22(27)23-12-3-4-13-23/h5-6,9-10,14,17H,2-4,7-8,11-13,15-16H2,1H3. The molecule has 6 heteroatoms. The van der Waals surface area contributed by atoms with Crippen LogP contribution in [-0.2, 0) is 17.9 Å². The zero-order valence-electron chi connectivity index (χ0n) is 16.6. The summed E-state index contributed by atoms with van der Waals surface area (Å²) in [6.07, 6.45) is 7.16. The van der Waals surface area contributed by atoms with Gasteiger partial charge in [-0.3, -0.25) is 9.59 Å². The van der Waals surface area contributed by atoms with E-state index in [0.717, 1.165) is 63.2 Å². The van der Waals surface area contributed by atoms with Crippen LogP contribution in [0.3, 0.4) is 0 Å². The summed E-state index contributed by atoms with van der Waals surface area (Å²) in [5.41, 5.74) is 1.09. The summed E-state index contributed by atoms with van der Waals surface area (Å²) in [4.78, 5) is 28.9. The molecule has 150 valence electrons. The molecule has 1 aliphatic carbocycles. The number of carbonyl (C=O) groups is 2. The van der Waals surface area contributed by atoms with Crippen LogP contribution in [0.2, 0.25) is 0 Å². The number of nitrogens with zero attached hydrogens (tertiary/aromatic N) is 3. The summed E-state index contributed by atoms with van der Waals surface area (Å²) in [6, 6.07) is 7.72. The molecule has 0 aromatic carbocycles. The number of hydrogen-bond donors (Lipinski definition) is 0. The van der Waals surface area contributed by atoms with E-state index >= 15 is 0 Å². The summed E-state index contributed by atoms with van der Waals surface area (Å²) >= 11 is 0. The van der Waals surface area contributed by atoms with E-state index < -0.39 is 0 Å². The SMILES string of the molecule is CCCN(Cc1cccn1Cc1ccc(C(=O)N2CCCC2)o1)C(=O)C1CC1. The van der Waals surface area contributed by atoms with E-state index in [4.69, 9.17) is 4.42 Å². The average Bonchev–Trinajstić information content (AvgIpc) is 3.09. The monoisotopic (exact) mass is 383 g/mol. The molecule has 1 saturated heterocycles. The third-order valence-electron chi connectivity index (χ3n) is 5.60. The normalized spacial score (nSPS) is 16.5. The van der Waals surface area contributed by atoms with Gasteiger partial charge in [0.1, 0.15) is 5.76 Å². The Hall–Kier alpha value is -2.50. The van der Waals surface area contributed by atoms with Crippen molar-refractivity contribution in [2.24, 2.45) is 5.92 Å². The Morgan fingerprint density at radius 1 is 1.18 bits per heavy atom. The Bertz CT molecular complexity index is 828. The Morgan fingerprint density at radius 3 is 2.68 bits per heavy atom. The lowest BCUT2D eigenvalue weighted by molar-refractivity contribution is -0.133. The zero-order valence-corrected chi connectivity index (χ0v) is 16.6. The van der Waals surface area contributed by atoms with Gasteiger partial charge in [-0.25, -0.2) is 0 Å². The van der Waals surface area contributed by atoms with E-state index in [-0.39, 0.29) is 17.7 Å². The maximum Gasteiger partial charge on any atom is 0.289 e. The fourth-order valence-electron chi connectivity index (χ4n) is 3.89. The van der Waals surface area contributed by atoms with E-state index in [1.165, 1.54) is 0 Å². The molecule has 1 saturated carbocycles. The number of rotatable bonds is 8. The maximum atomic E-state index is 12.6. The smallest absolute Gasteiger partial charge is 0.289 e. The van der Waals surface area contributed by atoms with Gasteiger partial charge in [-0.05, 0) is 56.4 Å². The Morgan fingerprint density at radius 2 is 1.96 bits per heavy atom. The lowest BCUT2D eigenvalue weighted by atomic mass is 10.3. The minimum Gasteiger partial charge on any atom is -0.454 e. The van der Waals surface area contributed by atoms with Crippen molar-refractivity contribution in [2.75, 3.05) is 19.6 Å². The second-order valence-electron chi connectivity index (χ2n) is 7.93. The van der Waals surface area contributed by atoms with Crippen LogP contribution in [0, 0.1) is 5.92 Å². The van der Waals surface area contributed by atoms with Crippen LogP contribution in [0.15, 0.2) is 34.9 Å². The van der Waals surface area contributed by atoms with Crippen LogP contribution in [0.5, 0.6) is 0 Å². The van der Waals surface area contributed by atoms with Gasteiger partial charge in [0.15, 0.2) is 5.76 Å². The molecule has 0 unspecified atom stereocenters. The van der Waals surface area contributed by atoms with Crippen molar-refractivity contribution >= 4 is 11.8 Å². The van der Waals surface area contributed by atoms with Gasteiger partial charge in [-0.2, -0.15) is 0 Å². The number of amides is 2. The predicted octanol–water partition coefficient (Wildman–Crippen LogP) is 3.51. The fourth-order valence-corrected chi connectivity index (χ4v) is 3.89. The molecular weight excluding hydrogens is 354 g/mol.